The van der Waals surface area contributed by atoms with Crippen LogP contribution in [0.25, 0.3) is 0 Å². The standard InChI is InChI=1S/C19H23ClN2O2/c1-14-7-6-8-15(13-14)18(22(2)3)19(23)21-11-12-24-17-10-5-4-9-16(17)20/h4-10,13,18H,11-12H2,1-3H3,(H,21,23)/t18-/m1/s1. The Morgan fingerprint density at radius 1 is 1.21 bits per heavy atom. The second-order valence-corrected chi connectivity index (χ2v) is 6.26. The van der Waals surface area contributed by atoms with Gasteiger partial charge in [-0.25, -0.2) is 0 Å². The number of carbonyl (C=O) groups excluding carboxylic acids is 1. The number of para-hydroxylation sites is 1. The smallest absolute Gasteiger partial charge is 0.242 e. The van der Waals surface area contributed by atoms with Crippen molar-refractivity contribution in [3.8, 4) is 5.75 Å². The van der Waals surface area contributed by atoms with Crippen molar-refractivity contribution in [2.24, 2.45) is 0 Å². The zero-order valence-corrected chi connectivity index (χ0v) is 15.0. The predicted octanol–water partition coefficient (Wildman–Crippen LogP) is 3.45. The first-order valence-electron chi connectivity index (χ1n) is 7.87. The molecular formula is C19H23ClN2O2. The van der Waals surface area contributed by atoms with Crippen LogP contribution in [0.2, 0.25) is 5.02 Å². The van der Waals surface area contributed by atoms with Gasteiger partial charge >= 0.3 is 0 Å². The molecule has 0 aromatic heterocycles. The molecule has 0 aliphatic carbocycles. The summed E-state index contributed by atoms with van der Waals surface area (Å²) >= 11 is 6.03. The minimum atomic E-state index is -0.329. The van der Waals surface area contributed by atoms with Gasteiger partial charge in [-0.2, -0.15) is 0 Å². The van der Waals surface area contributed by atoms with Crippen molar-refractivity contribution in [3.05, 3.63) is 64.7 Å². The van der Waals surface area contributed by atoms with Gasteiger partial charge in [0.2, 0.25) is 5.91 Å². The number of benzene rings is 2. The van der Waals surface area contributed by atoms with Gasteiger partial charge in [-0.3, -0.25) is 9.69 Å². The number of hydrogen-bond acceptors (Lipinski definition) is 3. The molecule has 0 saturated heterocycles. The zero-order valence-electron chi connectivity index (χ0n) is 14.3. The lowest BCUT2D eigenvalue weighted by Gasteiger charge is -2.24. The molecule has 2 aromatic rings. The second kappa shape index (κ2) is 8.71. The summed E-state index contributed by atoms with van der Waals surface area (Å²) < 4.78 is 5.59. The molecule has 0 spiro atoms. The van der Waals surface area contributed by atoms with Crippen molar-refractivity contribution >= 4 is 17.5 Å². The van der Waals surface area contributed by atoms with Gasteiger partial charge in [0.05, 0.1) is 11.6 Å². The molecule has 0 fully saturated rings. The number of amides is 1. The third-order valence-electron chi connectivity index (χ3n) is 3.62. The van der Waals surface area contributed by atoms with Crippen LogP contribution in [0.15, 0.2) is 48.5 Å². The Balaban J connectivity index is 1.91. The lowest BCUT2D eigenvalue weighted by atomic mass is 10.0. The normalized spacial score (nSPS) is 12.0. The highest BCUT2D eigenvalue weighted by molar-refractivity contribution is 6.32. The van der Waals surface area contributed by atoms with Crippen LogP contribution < -0.4 is 10.1 Å². The van der Waals surface area contributed by atoms with E-state index in [4.69, 9.17) is 16.3 Å². The molecule has 0 radical (unpaired) electrons. The molecule has 1 N–H and O–H groups in total. The molecule has 0 bridgehead atoms. The van der Waals surface area contributed by atoms with Crippen LogP contribution in [0.4, 0.5) is 0 Å². The summed E-state index contributed by atoms with van der Waals surface area (Å²) in [7, 11) is 3.79. The van der Waals surface area contributed by atoms with Gasteiger partial charge in [-0.05, 0) is 38.7 Å². The van der Waals surface area contributed by atoms with Crippen LogP contribution in [0.5, 0.6) is 5.75 Å². The van der Waals surface area contributed by atoms with E-state index in [0.717, 1.165) is 11.1 Å². The number of rotatable bonds is 7. The molecule has 0 saturated carbocycles. The van der Waals surface area contributed by atoms with Crippen LogP contribution in [0.1, 0.15) is 17.2 Å². The first kappa shape index (κ1) is 18.3. The number of ether oxygens (including phenoxy) is 1. The van der Waals surface area contributed by atoms with E-state index < -0.39 is 0 Å². The summed E-state index contributed by atoms with van der Waals surface area (Å²) in [5.41, 5.74) is 2.11. The summed E-state index contributed by atoms with van der Waals surface area (Å²) in [6.45, 7) is 2.80. The van der Waals surface area contributed by atoms with Crippen molar-refractivity contribution in [2.75, 3.05) is 27.2 Å². The van der Waals surface area contributed by atoms with E-state index in [1.807, 2.05) is 62.3 Å². The zero-order chi connectivity index (χ0) is 17.5. The van der Waals surface area contributed by atoms with E-state index >= 15 is 0 Å². The SMILES string of the molecule is Cc1cccc([C@H](C(=O)NCCOc2ccccc2Cl)N(C)C)c1. The van der Waals surface area contributed by atoms with Crippen molar-refractivity contribution in [1.82, 2.24) is 10.2 Å². The monoisotopic (exact) mass is 346 g/mol. The number of carbonyl (C=O) groups is 1. The number of nitrogens with one attached hydrogen (secondary N) is 1. The fourth-order valence-corrected chi connectivity index (χ4v) is 2.71. The highest BCUT2D eigenvalue weighted by atomic mass is 35.5. The van der Waals surface area contributed by atoms with E-state index in [-0.39, 0.29) is 11.9 Å². The van der Waals surface area contributed by atoms with Gasteiger partial charge in [0.1, 0.15) is 18.4 Å². The minimum absolute atomic E-state index is 0.0478. The Hall–Kier alpha value is -2.04. The molecule has 0 aliphatic heterocycles. The van der Waals surface area contributed by atoms with Crippen molar-refractivity contribution in [3.63, 3.8) is 0 Å². The fraction of sp³-hybridized carbons (Fsp3) is 0.316. The minimum Gasteiger partial charge on any atom is -0.490 e. The molecule has 128 valence electrons. The number of halogens is 1. The van der Waals surface area contributed by atoms with Crippen LogP contribution in [0.3, 0.4) is 0 Å². The van der Waals surface area contributed by atoms with Crippen LogP contribution in [0, 0.1) is 6.92 Å². The molecule has 0 unspecified atom stereocenters. The van der Waals surface area contributed by atoms with E-state index in [0.29, 0.717) is 23.9 Å². The molecular weight excluding hydrogens is 324 g/mol. The van der Waals surface area contributed by atoms with E-state index in [1.54, 1.807) is 12.1 Å². The van der Waals surface area contributed by atoms with Crippen molar-refractivity contribution < 1.29 is 9.53 Å². The van der Waals surface area contributed by atoms with Crippen LogP contribution in [-0.4, -0.2) is 38.1 Å². The number of aryl methyl sites for hydroxylation is 1. The van der Waals surface area contributed by atoms with Crippen LogP contribution in [-0.2, 0) is 4.79 Å². The van der Waals surface area contributed by atoms with Crippen LogP contribution >= 0.6 is 11.6 Å². The quantitative estimate of drug-likeness (QED) is 0.781. The Morgan fingerprint density at radius 3 is 2.62 bits per heavy atom. The molecule has 0 aliphatic rings. The van der Waals surface area contributed by atoms with Crippen molar-refractivity contribution in [1.29, 1.82) is 0 Å². The Bertz CT molecular complexity index is 689. The molecule has 4 nitrogen and oxygen atoms in total. The molecule has 2 rings (SSSR count). The highest BCUT2D eigenvalue weighted by Gasteiger charge is 2.22. The lowest BCUT2D eigenvalue weighted by Crippen LogP contribution is -2.38. The van der Waals surface area contributed by atoms with Gasteiger partial charge < -0.3 is 10.1 Å². The molecule has 2 aromatic carbocycles. The lowest BCUT2D eigenvalue weighted by molar-refractivity contribution is -0.125. The molecule has 0 heterocycles. The average molecular weight is 347 g/mol. The molecule has 1 amide bonds. The summed E-state index contributed by atoms with van der Waals surface area (Å²) in [4.78, 5) is 14.4. The fourth-order valence-electron chi connectivity index (χ4n) is 2.52. The predicted molar refractivity (Wildman–Crippen MR) is 97.6 cm³/mol. The maximum atomic E-state index is 12.5. The molecule has 24 heavy (non-hydrogen) atoms. The third-order valence-corrected chi connectivity index (χ3v) is 3.93. The highest BCUT2D eigenvalue weighted by Crippen LogP contribution is 2.23. The topological polar surface area (TPSA) is 41.6 Å². The van der Waals surface area contributed by atoms with E-state index in [9.17, 15) is 4.79 Å². The third kappa shape index (κ3) is 4.98. The first-order valence-corrected chi connectivity index (χ1v) is 8.25. The Morgan fingerprint density at radius 2 is 1.96 bits per heavy atom. The van der Waals surface area contributed by atoms with Gasteiger partial charge in [0, 0.05) is 0 Å². The molecule has 1 atom stereocenters. The number of nitrogens with zero attached hydrogens (tertiary/aromatic N) is 1. The van der Waals surface area contributed by atoms with Gasteiger partial charge in [0.25, 0.3) is 0 Å². The summed E-state index contributed by atoms with van der Waals surface area (Å²) in [5.74, 6) is 0.574. The Labute approximate surface area is 148 Å². The largest absolute Gasteiger partial charge is 0.490 e. The van der Waals surface area contributed by atoms with E-state index in [1.165, 1.54) is 0 Å². The second-order valence-electron chi connectivity index (χ2n) is 5.85. The Kier molecular flexibility index (Phi) is 6.64. The van der Waals surface area contributed by atoms with E-state index in [2.05, 4.69) is 5.32 Å². The van der Waals surface area contributed by atoms with Crippen molar-refractivity contribution in [2.45, 2.75) is 13.0 Å². The number of likely N-dealkylation sites (N-methyl/N-ethyl adjacent to an activating group) is 1. The maximum Gasteiger partial charge on any atom is 0.242 e. The summed E-state index contributed by atoms with van der Waals surface area (Å²) in [6, 6.07) is 14.9. The van der Waals surface area contributed by atoms with Gasteiger partial charge in [0.15, 0.2) is 0 Å². The summed E-state index contributed by atoms with van der Waals surface area (Å²) in [6.07, 6.45) is 0. The molecule has 5 heteroatoms. The van der Waals surface area contributed by atoms with Gasteiger partial charge in [-0.1, -0.05) is 53.6 Å². The average Bonchev–Trinajstić information content (AvgIpc) is 2.53. The van der Waals surface area contributed by atoms with Gasteiger partial charge in [-0.15, -0.1) is 0 Å². The maximum absolute atomic E-state index is 12.5. The number of hydrogen-bond donors (Lipinski definition) is 1. The summed E-state index contributed by atoms with van der Waals surface area (Å²) in [5, 5.41) is 3.49. The first-order chi connectivity index (χ1) is 11.5.